The van der Waals surface area contributed by atoms with Crippen molar-refractivity contribution in [1.82, 2.24) is 0 Å². The van der Waals surface area contributed by atoms with Crippen molar-refractivity contribution in [2.45, 2.75) is 17.3 Å². The zero-order valence-electron chi connectivity index (χ0n) is 13.3. The number of hydrogen-bond acceptors (Lipinski definition) is 4. The number of sulfone groups is 1. The average Bonchev–Trinajstić information content (AvgIpc) is 2.56. The Hall–Kier alpha value is -2.26. The number of alkyl halides is 3. The molecule has 0 heterocycles. The van der Waals surface area contributed by atoms with E-state index in [1.165, 1.54) is 6.07 Å². The van der Waals surface area contributed by atoms with Gasteiger partial charge in [0.2, 0.25) is 0 Å². The Bertz CT molecular complexity index is 912. The van der Waals surface area contributed by atoms with Gasteiger partial charge in [0.25, 0.3) is 15.7 Å². The Morgan fingerprint density at radius 1 is 1.15 bits per heavy atom. The van der Waals surface area contributed by atoms with Crippen LogP contribution in [0.15, 0.2) is 47.4 Å². The first kappa shape index (κ1) is 20.1. The number of halogens is 4. The lowest BCUT2D eigenvalue weighted by molar-refractivity contribution is -0.0436. The summed E-state index contributed by atoms with van der Waals surface area (Å²) in [6.45, 7) is 2.09. The molecule has 5 nitrogen and oxygen atoms in total. The highest BCUT2D eigenvalue weighted by molar-refractivity contribution is 7.92. The Kier molecular flexibility index (Phi) is 5.82. The summed E-state index contributed by atoms with van der Waals surface area (Å²) in [4.78, 5) is 11.3. The van der Waals surface area contributed by atoms with Gasteiger partial charge in [0.15, 0.2) is 0 Å². The van der Waals surface area contributed by atoms with Gasteiger partial charge < -0.3 is 10.1 Å². The minimum atomic E-state index is -5.47. The first-order valence-corrected chi connectivity index (χ1v) is 9.07. The van der Waals surface area contributed by atoms with Crippen LogP contribution in [-0.4, -0.2) is 26.4 Å². The molecule has 2 aromatic rings. The molecular weight excluding hydrogens is 395 g/mol. The van der Waals surface area contributed by atoms with Crippen molar-refractivity contribution in [2.24, 2.45) is 0 Å². The van der Waals surface area contributed by atoms with Gasteiger partial charge in [0, 0.05) is 10.6 Å². The van der Waals surface area contributed by atoms with E-state index in [9.17, 15) is 26.4 Å². The van der Waals surface area contributed by atoms with Crippen LogP contribution >= 0.6 is 11.6 Å². The predicted octanol–water partition coefficient (Wildman–Crippen LogP) is 4.28. The van der Waals surface area contributed by atoms with E-state index < -0.39 is 26.1 Å². The van der Waals surface area contributed by atoms with Gasteiger partial charge in [-0.25, -0.2) is 8.42 Å². The van der Waals surface area contributed by atoms with Crippen molar-refractivity contribution in [3.63, 3.8) is 0 Å². The molecule has 10 heteroatoms. The summed E-state index contributed by atoms with van der Waals surface area (Å²) < 4.78 is 65.6. The van der Waals surface area contributed by atoms with E-state index in [0.29, 0.717) is 17.4 Å². The van der Waals surface area contributed by atoms with Gasteiger partial charge in [0.1, 0.15) is 5.75 Å². The molecule has 0 spiro atoms. The molecule has 0 bridgehead atoms. The Labute approximate surface area is 152 Å². The fraction of sp³-hybridized carbons (Fsp3) is 0.188. The smallest absolute Gasteiger partial charge is 0.492 e. The summed E-state index contributed by atoms with van der Waals surface area (Å²) in [5.41, 5.74) is -5.17. The maximum Gasteiger partial charge on any atom is 0.501 e. The molecular formula is C16H13ClF3NO4S. The van der Waals surface area contributed by atoms with Crippen LogP contribution in [0.4, 0.5) is 18.9 Å². The number of hydrogen-bond donors (Lipinski definition) is 1. The molecule has 2 rings (SSSR count). The van der Waals surface area contributed by atoms with Gasteiger partial charge in [-0.1, -0.05) is 11.6 Å². The first-order chi connectivity index (χ1) is 12.1. The van der Waals surface area contributed by atoms with Crippen molar-refractivity contribution in [2.75, 3.05) is 11.9 Å². The average molecular weight is 408 g/mol. The van der Waals surface area contributed by atoms with E-state index in [-0.39, 0.29) is 11.3 Å². The molecule has 0 unspecified atom stereocenters. The molecule has 1 amide bonds. The lowest BCUT2D eigenvalue weighted by Gasteiger charge is -2.12. The summed E-state index contributed by atoms with van der Waals surface area (Å²) in [5, 5.41) is 2.86. The molecule has 0 saturated carbocycles. The Morgan fingerprint density at radius 3 is 2.31 bits per heavy atom. The molecule has 140 valence electrons. The number of amides is 1. The second kappa shape index (κ2) is 7.55. The van der Waals surface area contributed by atoms with Crippen LogP contribution < -0.4 is 10.1 Å². The third kappa shape index (κ3) is 4.28. The van der Waals surface area contributed by atoms with E-state index in [2.05, 4.69) is 5.32 Å². The standard InChI is InChI=1S/C16H13ClF3NO4S/c1-2-25-14-8-5-11(17)9-13(14)21-15(22)10-3-6-12(7-4-10)26(23,24)16(18,19)20/h3-9H,2H2,1H3,(H,21,22). The zero-order chi connectivity index (χ0) is 19.5. The van der Waals surface area contributed by atoms with E-state index >= 15 is 0 Å². The van der Waals surface area contributed by atoms with E-state index in [1.54, 1.807) is 19.1 Å². The van der Waals surface area contributed by atoms with Crippen LogP contribution in [0.3, 0.4) is 0 Å². The van der Waals surface area contributed by atoms with E-state index in [4.69, 9.17) is 16.3 Å². The summed E-state index contributed by atoms with van der Waals surface area (Å²) in [6.07, 6.45) is 0. The number of nitrogens with one attached hydrogen (secondary N) is 1. The number of ether oxygens (including phenoxy) is 1. The Morgan fingerprint density at radius 2 is 1.77 bits per heavy atom. The van der Waals surface area contributed by atoms with E-state index in [1.807, 2.05) is 0 Å². The van der Waals surface area contributed by atoms with Gasteiger partial charge in [0.05, 0.1) is 17.2 Å². The summed E-state index contributed by atoms with van der Waals surface area (Å²) in [5.74, 6) is -0.300. The summed E-state index contributed by atoms with van der Waals surface area (Å²) in [6, 6.07) is 7.99. The number of carbonyl (C=O) groups is 1. The lowest BCUT2D eigenvalue weighted by Crippen LogP contribution is -2.23. The monoisotopic (exact) mass is 407 g/mol. The van der Waals surface area contributed by atoms with Crippen LogP contribution in [0.1, 0.15) is 17.3 Å². The predicted molar refractivity (Wildman–Crippen MR) is 90.3 cm³/mol. The van der Waals surface area contributed by atoms with Gasteiger partial charge in [-0.05, 0) is 49.4 Å². The zero-order valence-corrected chi connectivity index (χ0v) is 14.9. The quantitative estimate of drug-likeness (QED) is 0.802. The highest BCUT2D eigenvalue weighted by Crippen LogP contribution is 2.31. The fourth-order valence-corrected chi connectivity index (χ4v) is 2.93. The highest BCUT2D eigenvalue weighted by Gasteiger charge is 2.46. The molecule has 2 aromatic carbocycles. The maximum atomic E-state index is 12.5. The van der Waals surface area contributed by atoms with Crippen molar-refractivity contribution >= 4 is 33.0 Å². The third-order valence-corrected chi connectivity index (χ3v) is 4.96. The highest BCUT2D eigenvalue weighted by atomic mass is 35.5. The van der Waals surface area contributed by atoms with E-state index in [0.717, 1.165) is 24.3 Å². The van der Waals surface area contributed by atoms with Crippen molar-refractivity contribution < 1.29 is 31.1 Å². The normalized spacial score (nSPS) is 11.9. The lowest BCUT2D eigenvalue weighted by atomic mass is 10.2. The van der Waals surface area contributed by atoms with Crippen LogP contribution in [0.25, 0.3) is 0 Å². The molecule has 0 saturated heterocycles. The molecule has 0 aliphatic carbocycles. The molecule has 0 fully saturated rings. The number of anilines is 1. The number of benzene rings is 2. The molecule has 0 atom stereocenters. The second-order valence-electron chi connectivity index (χ2n) is 5.00. The second-order valence-corrected chi connectivity index (χ2v) is 7.38. The Balaban J connectivity index is 2.26. The third-order valence-electron chi connectivity index (χ3n) is 3.22. The summed E-state index contributed by atoms with van der Waals surface area (Å²) in [7, 11) is -5.47. The minimum absolute atomic E-state index is 0.0338. The van der Waals surface area contributed by atoms with Crippen molar-refractivity contribution in [3.8, 4) is 5.75 Å². The first-order valence-electron chi connectivity index (χ1n) is 7.21. The molecule has 1 N–H and O–H groups in total. The number of carbonyl (C=O) groups excluding carboxylic acids is 1. The van der Waals surface area contributed by atoms with Crippen LogP contribution in [0.5, 0.6) is 5.75 Å². The molecule has 0 aromatic heterocycles. The molecule has 0 radical (unpaired) electrons. The topological polar surface area (TPSA) is 72.5 Å². The summed E-state index contributed by atoms with van der Waals surface area (Å²) >= 11 is 5.88. The van der Waals surface area contributed by atoms with Crippen LogP contribution in [-0.2, 0) is 9.84 Å². The van der Waals surface area contributed by atoms with Crippen LogP contribution in [0, 0.1) is 0 Å². The molecule has 0 aliphatic rings. The van der Waals surface area contributed by atoms with Crippen LogP contribution in [0.2, 0.25) is 5.02 Å². The molecule has 0 aliphatic heterocycles. The number of rotatable bonds is 5. The molecule has 26 heavy (non-hydrogen) atoms. The van der Waals surface area contributed by atoms with Gasteiger partial charge >= 0.3 is 5.51 Å². The van der Waals surface area contributed by atoms with Gasteiger partial charge in [-0.2, -0.15) is 13.2 Å². The minimum Gasteiger partial charge on any atom is -0.492 e. The van der Waals surface area contributed by atoms with Gasteiger partial charge in [-0.3, -0.25) is 4.79 Å². The van der Waals surface area contributed by atoms with Gasteiger partial charge in [-0.15, -0.1) is 0 Å². The fourth-order valence-electron chi connectivity index (χ4n) is 1.99. The van der Waals surface area contributed by atoms with Crippen molar-refractivity contribution in [1.29, 1.82) is 0 Å². The largest absolute Gasteiger partial charge is 0.501 e. The van der Waals surface area contributed by atoms with Crippen molar-refractivity contribution in [3.05, 3.63) is 53.1 Å². The SMILES string of the molecule is CCOc1ccc(Cl)cc1NC(=O)c1ccc(S(=O)(=O)C(F)(F)F)cc1. The maximum absolute atomic E-state index is 12.5.